The molecule has 17 heavy (non-hydrogen) atoms. The molecule has 1 aromatic rings. The molecule has 92 valence electrons. The molecule has 0 bridgehead atoms. The molecular formula is C8H9N3O6. The molecule has 9 nitrogen and oxygen atoms in total. The van der Waals surface area contributed by atoms with Crippen LogP contribution in [0.1, 0.15) is 12.6 Å². The van der Waals surface area contributed by atoms with Gasteiger partial charge < -0.3 is 9.26 Å². The molecule has 0 aliphatic carbocycles. The van der Waals surface area contributed by atoms with Gasteiger partial charge in [0.05, 0.1) is 4.92 Å². The van der Waals surface area contributed by atoms with E-state index in [1.54, 1.807) is 0 Å². The molecule has 0 saturated heterocycles. The third kappa shape index (κ3) is 3.26. The van der Waals surface area contributed by atoms with E-state index in [-0.39, 0.29) is 11.6 Å². The number of hydrogen-bond acceptors (Lipinski definition) is 7. The SMILES string of the molecule is CC(=O)OCC(=O)Nc1onc(C)c1[N+](=O)[O-]. The molecule has 0 spiro atoms. The van der Waals surface area contributed by atoms with Gasteiger partial charge in [0.1, 0.15) is 0 Å². The number of carbonyl (C=O) groups is 2. The standard InChI is InChI=1S/C8H9N3O6/c1-4-7(11(14)15)8(17-10-4)9-6(13)3-16-5(2)12/h3H2,1-2H3,(H,9,13). The van der Waals surface area contributed by atoms with E-state index >= 15 is 0 Å². The van der Waals surface area contributed by atoms with Gasteiger partial charge in [0.15, 0.2) is 12.3 Å². The Kier molecular flexibility index (Phi) is 3.75. The van der Waals surface area contributed by atoms with E-state index in [0.717, 1.165) is 6.92 Å². The van der Waals surface area contributed by atoms with Gasteiger partial charge >= 0.3 is 17.5 Å². The zero-order valence-corrected chi connectivity index (χ0v) is 9.05. The first-order valence-corrected chi connectivity index (χ1v) is 4.45. The van der Waals surface area contributed by atoms with Crippen molar-refractivity contribution in [3.05, 3.63) is 15.8 Å². The fourth-order valence-electron chi connectivity index (χ4n) is 0.992. The van der Waals surface area contributed by atoms with Crippen molar-refractivity contribution < 1.29 is 23.8 Å². The Bertz CT molecular complexity index is 466. The first kappa shape index (κ1) is 12.6. The van der Waals surface area contributed by atoms with E-state index in [2.05, 4.69) is 19.7 Å². The second-order valence-corrected chi connectivity index (χ2v) is 3.03. The van der Waals surface area contributed by atoms with Crippen LogP contribution in [-0.4, -0.2) is 28.6 Å². The lowest BCUT2D eigenvalue weighted by molar-refractivity contribution is -0.384. The summed E-state index contributed by atoms with van der Waals surface area (Å²) in [6.07, 6.45) is 0. The second-order valence-electron chi connectivity index (χ2n) is 3.03. The topological polar surface area (TPSA) is 125 Å². The van der Waals surface area contributed by atoms with Crippen molar-refractivity contribution in [3.63, 3.8) is 0 Å². The quantitative estimate of drug-likeness (QED) is 0.460. The molecule has 0 unspecified atom stereocenters. The molecule has 0 atom stereocenters. The highest BCUT2D eigenvalue weighted by atomic mass is 16.6. The highest BCUT2D eigenvalue weighted by molar-refractivity contribution is 5.93. The number of nitrogens with one attached hydrogen (secondary N) is 1. The van der Waals surface area contributed by atoms with Crippen molar-refractivity contribution in [1.29, 1.82) is 0 Å². The third-order valence-corrected chi connectivity index (χ3v) is 1.67. The third-order valence-electron chi connectivity index (χ3n) is 1.67. The first-order chi connectivity index (χ1) is 7.91. The van der Waals surface area contributed by atoms with E-state index < -0.39 is 29.1 Å². The lowest BCUT2D eigenvalue weighted by Crippen LogP contribution is -2.20. The van der Waals surface area contributed by atoms with E-state index in [4.69, 9.17) is 0 Å². The van der Waals surface area contributed by atoms with E-state index in [1.807, 2.05) is 0 Å². The largest absolute Gasteiger partial charge is 0.456 e. The van der Waals surface area contributed by atoms with Crippen molar-refractivity contribution in [3.8, 4) is 0 Å². The van der Waals surface area contributed by atoms with Gasteiger partial charge in [0.2, 0.25) is 0 Å². The van der Waals surface area contributed by atoms with Gasteiger partial charge in [0.25, 0.3) is 5.91 Å². The zero-order chi connectivity index (χ0) is 13.0. The van der Waals surface area contributed by atoms with Crippen molar-refractivity contribution >= 4 is 23.4 Å². The Balaban J connectivity index is 2.72. The van der Waals surface area contributed by atoms with Gasteiger partial charge in [-0.05, 0) is 6.92 Å². The van der Waals surface area contributed by atoms with Gasteiger partial charge in [-0.1, -0.05) is 5.16 Å². The molecule has 0 aliphatic heterocycles. The minimum Gasteiger partial charge on any atom is -0.456 e. The average molecular weight is 243 g/mol. The number of aromatic nitrogens is 1. The van der Waals surface area contributed by atoms with Crippen LogP contribution in [0, 0.1) is 17.0 Å². The number of nitrogens with zero attached hydrogens (tertiary/aromatic N) is 2. The number of hydrogen-bond donors (Lipinski definition) is 1. The van der Waals surface area contributed by atoms with Crippen LogP contribution >= 0.6 is 0 Å². The average Bonchev–Trinajstić information content (AvgIpc) is 2.56. The van der Waals surface area contributed by atoms with Crippen LogP contribution in [0.2, 0.25) is 0 Å². The molecular weight excluding hydrogens is 234 g/mol. The molecule has 1 heterocycles. The summed E-state index contributed by atoms with van der Waals surface area (Å²) >= 11 is 0. The Morgan fingerprint density at radius 1 is 1.59 bits per heavy atom. The Morgan fingerprint density at radius 3 is 2.76 bits per heavy atom. The Morgan fingerprint density at radius 2 is 2.24 bits per heavy atom. The Labute approximate surface area is 94.9 Å². The fourth-order valence-corrected chi connectivity index (χ4v) is 0.992. The van der Waals surface area contributed by atoms with Crippen molar-refractivity contribution in [2.75, 3.05) is 11.9 Å². The zero-order valence-electron chi connectivity index (χ0n) is 9.05. The molecule has 1 rings (SSSR count). The smallest absolute Gasteiger partial charge is 0.356 e. The number of carbonyl (C=O) groups excluding carboxylic acids is 2. The summed E-state index contributed by atoms with van der Waals surface area (Å²) in [6, 6.07) is 0. The van der Waals surface area contributed by atoms with Crippen LogP contribution in [-0.2, 0) is 14.3 Å². The van der Waals surface area contributed by atoms with Crippen LogP contribution in [0.25, 0.3) is 0 Å². The summed E-state index contributed by atoms with van der Waals surface area (Å²) in [6.45, 7) is 1.95. The molecule has 1 N–H and O–H groups in total. The molecule has 0 aliphatic rings. The number of nitro groups is 1. The predicted octanol–water partition coefficient (Wildman–Crippen LogP) is 0.393. The summed E-state index contributed by atoms with van der Waals surface area (Å²) in [5.41, 5.74) is -0.390. The van der Waals surface area contributed by atoms with Gasteiger partial charge in [-0.25, -0.2) is 0 Å². The van der Waals surface area contributed by atoms with Crippen molar-refractivity contribution in [1.82, 2.24) is 5.16 Å². The molecule has 0 radical (unpaired) electrons. The van der Waals surface area contributed by atoms with Crippen molar-refractivity contribution in [2.24, 2.45) is 0 Å². The number of anilines is 1. The first-order valence-electron chi connectivity index (χ1n) is 4.45. The van der Waals surface area contributed by atoms with Crippen LogP contribution < -0.4 is 5.32 Å². The van der Waals surface area contributed by atoms with Gasteiger partial charge in [-0.2, -0.15) is 0 Å². The number of rotatable bonds is 4. The number of aryl methyl sites for hydroxylation is 1. The molecule has 0 saturated carbocycles. The predicted molar refractivity (Wildman–Crippen MR) is 53.2 cm³/mol. The lowest BCUT2D eigenvalue weighted by Gasteiger charge is -2.00. The molecule has 9 heteroatoms. The maximum atomic E-state index is 11.2. The lowest BCUT2D eigenvalue weighted by atomic mass is 10.4. The van der Waals surface area contributed by atoms with E-state index in [0.29, 0.717) is 0 Å². The normalized spacial score (nSPS) is 9.76. The monoisotopic (exact) mass is 243 g/mol. The second kappa shape index (κ2) is 5.05. The summed E-state index contributed by atoms with van der Waals surface area (Å²) in [5.74, 6) is -1.77. The van der Waals surface area contributed by atoms with E-state index in [1.165, 1.54) is 6.92 Å². The summed E-state index contributed by atoms with van der Waals surface area (Å²) in [7, 11) is 0. The molecule has 0 fully saturated rings. The molecule has 1 amide bonds. The highest BCUT2D eigenvalue weighted by Gasteiger charge is 2.25. The number of esters is 1. The highest BCUT2D eigenvalue weighted by Crippen LogP contribution is 2.27. The van der Waals surface area contributed by atoms with Crippen molar-refractivity contribution in [2.45, 2.75) is 13.8 Å². The van der Waals surface area contributed by atoms with Crippen LogP contribution in [0.4, 0.5) is 11.6 Å². The Hall–Kier alpha value is -2.45. The molecule has 1 aromatic heterocycles. The fraction of sp³-hybridized carbons (Fsp3) is 0.375. The minimum absolute atomic E-state index is 0.0396. The van der Waals surface area contributed by atoms with Crippen LogP contribution in [0.15, 0.2) is 4.52 Å². The number of amides is 1. The van der Waals surface area contributed by atoms with Gasteiger partial charge in [-0.15, -0.1) is 0 Å². The van der Waals surface area contributed by atoms with Gasteiger partial charge in [0, 0.05) is 6.92 Å². The molecule has 0 aromatic carbocycles. The van der Waals surface area contributed by atoms with Gasteiger partial charge in [-0.3, -0.25) is 25.0 Å². The van der Waals surface area contributed by atoms with Crippen LogP contribution in [0.5, 0.6) is 0 Å². The number of ether oxygens (including phenoxy) is 1. The summed E-state index contributed by atoms with van der Waals surface area (Å²) in [5, 5.41) is 16.0. The van der Waals surface area contributed by atoms with E-state index in [9.17, 15) is 19.7 Å². The van der Waals surface area contributed by atoms with Crippen LogP contribution in [0.3, 0.4) is 0 Å². The summed E-state index contributed by atoms with van der Waals surface area (Å²) in [4.78, 5) is 31.5. The maximum absolute atomic E-state index is 11.2. The maximum Gasteiger partial charge on any atom is 0.356 e. The minimum atomic E-state index is -0.751. The summed E-state index contributed by atoms with van der Waals surface area (Å²) < 4.78 is 8.97.